The Kier molecular flexibility index (Phi) is 2.67. The molecule has 1 unspecified atom stereocenters. The van der Waals surface area contributed by atoms with Crippen LogP contribution in [0.1, 0.15) is 17.2 Å². The molecule has 1 aromatic carbocycles. The van der Waals surface area contributed by atoms with E-state index in [1.165, 1.54) is 16.8 Å². The second-order valence-electron chi connectivity index (χ2n) is 4.41. The number of fused-ring (bicyclic) bond motifs is 1. The molecular formula is C12H19N3. The number of rotatable bonds is 2. The molecular weight excluding hydrogens is 186 g/mol. The average molecular weight is 205 g/mol. The second kappa shape index (κ2) is 3.83. The number of nitrogens with two attached hydrogens (primary N) is 1. The molecule has 0 saturated heterocycles. The van der Waals surface area contributed by atoms with Crippen LogP contribution in [-0.4, -0.2) is 32.6 Å². The summed E-state index contributed by atoms with van der Waals surface area (Å²) in [4.78, 5) is 4.49. The van der Waals surface area contributed by atoms with Crippen molar-refractivity contribution >= 4 is 5.69 Å². The van der Waals surface area contributed by atoms with Crippen LogP contribution in [0, 0.1) is 0 Å². The molecule has 0 aromatic heterocycles. The van der Waals surface area contributed by atoms with Crippen LogP contribution < -0.4 is 10.6 Å². The van der Waals surface area contributed by atoms with Gasteiger partial charge < -0.3 is 10.6 Å². The molecule has 1 aromatic rings. The van der Waals surface area contributed by atoms with E-state index < -0.39 is 0 Å². The van der Waals surface area contributed by atoms with Gasteiger partial charge in [0.15, 0.2) is 0 Å². The van der Waals surface area contributed by atoms with Crippen LogP contribution in [0.25, 0.3) is 0 Å². The first kappa shape index (κ1) is 10.5. The summed E-state index contributed by atoms with van der Waals surface area (Å²) >= 11 is 0. The monoisotopic (exact) mass is 205 g/mol. The minimum absolute atomic E-state index is 0.389. The molecule has 3 nitrogen and oxygen atoms in total. The molecule has 0 saturated carbocycles. The van der Waals surface area contributed by atoms with Crippen LogP contribution in [0.2, 0.25) is 0 Å². The Balaban J connectivity index is 2.47. The van der Waals surface area contributed by atoms with Gasteiger partial charge in [-0.05, 0) is 24.2 Å². The van der Waals surface area contributed by atoms with Gasteiger partial charge in [-0.25, -0.2) is 0 Å². The van der Waals surface area contributed by atoms with Gasteiger partial charge in [0.2, 0.25) is 0 Å². The van der Waals surface area contributed by atoms with E-state index in [0.29, 0.717) is 12.6 Å². The first-order valence-corrected chi connectivity index (χ1v) is 5.34. The minimum atomic E-state index is 0.389. The average Bonchev–Trinajstić information content (AvgIpc) is 2.52. The Hall–Kier alpha value is -1.06. The fourth-order valence-corrected chi connectivity index (χ4v) is 2.40. The van der Waals surface area contributed by atoms with E-state index >= 15 is 0 Å². The van der Waals surface area contributed by atoms with Crippen LogP contribution in [0.5, 0.6) is 0 Å². The molecule has 0 radical (unpaired) electrons. The molecule has 1 aliphatic heterocycles. The first-order chi connectivity index (χ1) is 7.15. The van der Waals surface area contributed by atoms with Crippen LogP contribution >= 0.6 is 0 Å². The Morgan fingerprint density at radius 2 is 2.20 bits per heavy atom. The fourth-order valence-electron chi connectivity index (χ4n) is 2.40. The molecule has 1 atom stereocenters. The van der Waals surface area contributed by atoms with Crippen molar-refractivity contribution in [1.29, 1.82) is 0 Å². The number of anilines is 1. The SMILES string of the molecule is CN(C)c1cccc2c1CN(C)C2CN. The highest BCUT2D eigenvalue weighted by Gasteiger charge is 2.28. The molecule has 2 rings (SSSR count). The van der Waals surface area contributed by atoms with Crippen LogP contribution in [0.15, 0.2) is 18.2 Å². The van der Waals surface area contributed by atoms with Gasteiger partial charge in [0.25, 0.3) is 0 Å². The van der Waals surface area contributed by atoms with Crippen LogP contribution in [0.4, 0.5) is 5.69 Å². The Bertz CT molecular complexity index is 360. The third-order valence-electron chi connectivity index (χ3n) is 3.19. The van der Waals surface area contributed by atoms with Gasteiger partial charge in [-0.1, -0.05) is 12.1 Å². The minimum Gasteiger partial charge on any atom is -0.377 e. The predicted molar refractivity (Wildman–Crippen MR) is 64.0 cm³/mol. The number of nitrogens with zero attached hydrogens (tertiary/aromatic N) is 2. The normalized spacial score (nSPS) is 20.4. The molecule has 0 bridgehead atoms. The molecule has 82 valence electrons. The summed E-state index contributed by atoms with van der Waals surface area (Å²) in [5.74, 6) is 0. The zero-order valence-electron chi connectivity index (χ0n) is 9.70. The molecule has 0 spiro atoms. The van der Waals surface area contributed by atoms with E-state index in [1.54, 1.807) is 0 Å². The summed E-state index contributed by atoms with van der Waals surface area (Å²) in [6.07, 6.45) is 0. The van der Waals surface area contributed by atoms with Crippen molar-refractivity contribution in [2.75, 3.05) is 32.6 Å². The van der Waals surface area contributed by atoms with Crippen molar-refractivity contribution < 1.29 is 0 Å². The van der Waals surface area contributed by atoms with Crippen molar-refractivity contribution in [2.24, 2.45) is 5.73 Å². The van der Waals surface area contributed by atoms with E-state index in [2.05, 4.69) is 49.1 Å². The highest BCUT2D eigenvalue weighted by atomic mass is 15.2. The van der Waals surface area contributed by atoms with Gasteiger partial charge >= 0.3 is 0 Å². The molecule has 0 fully saturated rings. The first-order valence-electron chi connectivity index (χ1n) is 5.34. The van der Waals surface area contributed by atoms with Gasteiger partial charge in [0.1, 0.15) is 0 Å². The number of hydrogen-bond donors (Lipinski definition) is 1. The molecule has 3 heteroatoms. The third-order valence-corrected chi connectivity index (χ3v) is 3.19. The number of benzene rings is 1. The van der Waals surface area contributed by atoms with E-state index in [-0.39, 0.29) is 0 Å². The lowest BCUT2D eigenvalue weighted by molar-refractivity contribution is 0.274. The second-order valence-corrected chi connectivity index (χ2v) is 4.41. The van der Waals surface area contributed by atoms with Crippen LogP contribution in [-0.2, 0) is 6.54 Å². The highest BCUT2D eigenvalue weighted by Crippen LogP contribution is 2.36. The highest BCUT2D eigenvalue weighted by molar-refractivity contribution is 5.58. The van der Waals surface area contributed by atoms with Gasteiger partial charge in [-0.2, -0.15) is 0 Å². The summed E-state index contributed by atoms with van der Waals surface area (Å²) in [6.45, 7) is 1.70. The zero-order valence-corrected chi connectivity index (χ0v) is 9.70. The summed E-state index contributed by atoms with van der Waals surface area (Å²) in [6, 6.07) is 6.88. The van der Waals surface area contributed by atoms with E-state index in [0.717, 1.165) is 6.54 Å². The molecule has 0 aliphatic carbocycles. The maximum atomic E-state index is 5.81. The zero-order chi connectivity index (χ0) is 11.0. The fraction of sp³-hybridized carbons (Fsp3) is 0.500. The lowest BCUT2D eigenvalue weighted by atomic mass is 10.0. The van der Waals surface area contributed by atoms with Gasteiger partial charge in [-0.15, -0.1) is 0 Å². The van der Waals surface area contributed by atoms with Crippen molar-refractivity contribution in [2.45, 2.75) is 12.6 Å². The van der Waals surface area contributed by atoms with Gasteiger partial charge in [0.05, 0.1) is 0 Å². The maximum Gasteiger partial charge on any atom is 0.0474 e. The molecule has 15 heavy (non-hydrogen) atoms. The number of hydrogen-bond acceptors (Lipinski definition) is 3. The van der Waals surface area contributed by atoms with Crippen molar-refractivity contribution in [3.63, 3.8) is 0 Å². The van der Waals surface area contributed by atoms with Gasteiger partial charge in [-0.3, -0.25) is 4.90 Å². The maximum absolute atomic E-state index is 5.81. The largest absolute Gasteiger partial charge is 0.377 e. The van der Waals surface area contributed by atoms with Crippen LogP contribution in [0.3, 0.4) is 0 Å². The smallest absolute Gasteiger partial charge is 0.0474 e. The topological polar surface area (TPSA) is 32.5 Å². The Morgan fingerprint density at radius 3 is 2.80 bits per heavy atom. The lowest BCUT2D eigenvalue weighted by Gasteiger charge is -2.17. The predicted octanol–water partition coefficient (Wildman–Crippen LogP) is 1.20. The standard InChI is InChI=1S/C12H19N3/c1-14(2)11-6-4-5-9-10(11)8-15(3)12(9)7-13/h4-6,12H,7-8,13H2,1-3H3. The van der Waals surface area contributed by atoms with E-state index in [4.69, 9.17) is 5.73 Å². The van der Waals surface area contributed by atoms with E-state index in [9.17, 15) is 0 Å². The summed E-state index contributed by atoms with van der Waals surface area (Å²) in [5.41, 5.74) is 9.95. The summed E-state index contributed by atoms with van der Waals surface area (Å²) in [7, 11) is 6.31. The molecule has 0 amide bonds. The summed E-state index contributed by atoms with van der Waals surface area (Å²) in [5, 5.41) is 0. The molecule has 1 heterocycles. The van der Waals surface area contributed by atoms with Gasteiger partial charge in [0, 0.05) is 38.9 Å². The number of likely N-dealkylation sites (N-methyl/N-ethyl adjacent to an activating group) is 1. The lowest BCUT2D eigenvalue weighted by Crippen LogP contribution is -2.23. The van der Waals surface area contributed by atoms with Crippen molar-refractivity contribution in [3.05, 3.63) is 29.3 Å². The van der Waals surface area contributed by atoms with Crippen molar-refractivity contribution in [1.82, 2.24) is 4.90 Å². The Labute approximate surface area is 91.5 Å². The molecule has 1 aliphatic rings. The summed E-state index contributed by atoms with van der Waals surface area (Å²) < 4.78 is 0. The molecule has 2 N–H and O–H groups in total. The third kappa shape index (κ3) is 1.62. The van der Waals surface area contributed by atoms with Crippen molar-refractivity contribution in [3.8, 4) is 0 Å². The quantitative estimate of drug-likeness (QED) is 0.787. The Morgan fingerprint density at radius 1 is 1.47 bits per heavy atom. The van der Waals surface area contributed by atoms with E-state index in [1.807, 2.05) is 0 Å².